The molecule has 0 bridgehead atoms. The van der Waals surface area contributed by atoms with Crippen molar-refractivity contribution in [2.75, 3.05) is 6.54 Å². The number of aromatic nitrogens is 2. The van der Waals surface area contributed by atoms with Crippen LogP contribution in [-0.4, -0.2) is 22.4 Å². The molecular weight excluding hydrogens is 246 g/mol. The molecular formula is C17H25N3. The van der Waals surface area contributed by atoms with E-state index in [0.29, 0.717) is 6.04 Å². The van der Waals surface area contributed by atoms with Gasteiger partial charge in [0.1, 0.15) is 0 Å². The second kappa shape index (κ2) is 6.71. The third-order valence-electron chi connectivity index (χ3n) is 3.47. The Morgan fingerprint density at radius 2 is 2.10 bits per heavy atom. The highest BCUT2D eigenvalue weighted by Gasteiger charge is 2.07. The molecule has 1 aromatic heterocycles. The van der Waals surface area contributed by atoms with Gasteiger partial charge < -0.3 is 5.32 Å². The lowest BCUT2D eigenvalue weighted by atomic mass is 10.1. The van der Waals surface area contributed by atoms with Crippen LogP contribution in [0.25, 0.3) is 10.9 Å². The first kappa shape index (κ1) is 14.8. The summed E-state index contributed by atoms with van der Waals surface area (Å²) in [6.07, 6.45) is 4.33. The van der Waals surface area contributed by atoms with Crippen LogP contribution in [0.15, 0.2) is 35.9 Å². The average molecular weight is 271 g/mol. The van der Waals surface area contributed by atoms with Gasteiger partial charge in [-0.2, -0.15) is 5.10 Å². The predicted molar refractivity (Wildman–Crippen MR) is 85.9 cm³/mol. The quantitative estimate of drug-likeness (QED) is 0.644. The van der Waals surface area contributed by atoms with Gasteiger partial charge in [0, 0.05) is 24.9 Å². The summed E-state index contributed by atoms with van der Waals surface area (Å²) in [7, 11) is 2.01. The van der Waals surface area contributed by atoms with E-state index in [2.05, 4.69) is 61.5 Å². The molecule has 2 rings (SSSR count). The summed E-state index contributed by atoms with van der Waals surface area (Å²) in [6.45, 7) is 7.59. The minimum absolute atomic E-state index is 0.559. The third-order valence-corrected chi connectivity index (χ3v) is 3.47. The van der Waals surface area contributed by atoms with Crippen molar-refractivity contribution in [3.8, 4) is 0 Å². The lowest BCUT2D eigenvalue weighted by Gasteiger charge is -2.06. The Balaban J connectivity index is 2.02. The maximum absolute atomic E-state index is 4.65. The molecule has 2 aromatic rings. The zero-order valence-electron chi connectivity index (χ0n) is 13.0. The Bertz CT molecular complexity index is 593. The fourth-order valence-corrected chi connectivity index (χ4v) is 2.45. The number of hydrogen-bond acceptors (Lipinski definition) is 2. The fourth-order valence-electron chi connectivity index (χ4n) is 2.45. The van der Waals surface area contributed by atoms with E-state index in [1.54, 1.807) is 0 Å². The van der Waals surface area contributed by atoms with Crippen molar-refractivity contribution in [2.45, 2.75) is 39.7 Å². The number of hydrogen-bond donors (Lipinski definition) is 1. The van der Waals surface area contributed by atoms with Gasteiger partial charge >= 0.3 is 0 Å². The topological polar surface area (TPSA) is 29.9 Å². The molecule has 20 heavy (non-hydrogen) atoms. The molecule has 1 aromatic carbocycles. The second-order valence-electron chi connectivity index (χ2n) is 5.71. The van der Waals surface area contributed by atoms with Crippen LogP contribution < -0.4 is 5.32 Å². The molecule has 0 radical (unpaired) electrons. The molecule has 3 heteroatoms. The number of para-hydroxylation sites is 1. The zero-order chi connectivity index (χ0) is 14.5. The Morgan fingerprint density at radius 1 is 1.35 bits per heavy atom. The van der Waals surface area contributed by atoms with E-state index in [-0.39, 0.29) is 0 Å². The normalized spacial score (nSPS) is 12.6. The standard InChI is InChI=1S/C17H25N3/c1-13(2)18-11-7-8-14(3)12-16-15-9-5-6-10-17(15)20(4)19-16/h5-6,8-10,13,18H,7,11-12H2,1-4H3. The first-order valence-electron chi connectivity index (χ1n) is 7.37. The Hall–Kier alpha value is -1.61. The molecule has 108 valence electrons. The van der Waals surface area contributed by atoms with Gasteiger partial charge in [-0.25, -0.2) is 0 Å². The molecule has 0 amide bonds. The van der Waals surface area contributed by atoms with Crippen molar-refractivity contribution in [3.63, 3.8) is 0 Å². The summed E-state index contributed by atoms with van der Waals surface area (Å²) in [5.41, 5.74) is 3.77. The monoisotopic (exact) mass is 271 g/mol. The summed E-state index contributed by atoms with van der Waals surface area (Å²) in [6, 6.07) is 8.99. The lowest BCUT2D eigenvalue weighted by Crippen LogP contribution is -2.23. The third kappa shape index (κ3) is 3.70. The van der Waals surface area contributed by atoms with Crippen LogP contribution in [-0.2, 0) is 13.5 Å². The summed E-state index contributed by atoms with van der Waals surface area (Å²) >= 11 is 0. The molecule has 0 aliphatic carbocycles. The van der Waals surface area contributed by atoms with E-state index >= 15 is 0 Å². The van der Waals surface area contributed by atoms with Gasteiger partial charge in [-0.05, 0) is 26.0 Å². The second-order valence-corrected chi connectivity index (χ2v) is 5.71. The van der Waals surface area contributed by atoms with Gasteiger partial charge in [-0.3, -0.25) is 4.68 Å². The molecule has 0 saturated carbocycles. The Morgan fingerprint density at radius 3 is 2.85 bits per heavy atom. The summed E-state index contributed by atoms with van der Waals surface area (Å²) < 4.78 is 1.97. The van der Waals surface area contributed by atoms with Crippen molar-refractivity contribution >= 4 is 10.9 Å². The van der Waals surface area contributed by atoms with Gasteiger partial charge in [-0.15, -0.1) is 0 Å². The molecule has 0 fully saturated rings. The van der Waals surface area contributed by atoms with Crippen LogP contribution in [0.5, 0.6) is 0 Å². The van der Waals surface area contributed by atoms with Gasteiger partial charge in [-0.1, -0.05) is 43.7 Å². The number of rotatable bonds is 6. The molecule has 0 spiro atoms. The largest absolute Gasteiger partial charge is 0.314 e. The molecule has 0 aliphatic heterocycles. The van der Waals surface area contributed by atoms with Crippen molar-refractivity contribution in [2.24, 2.45) is 7.05 Å². The Labute approximate surface area is 121 Å². The number of allylic oxidation sites excluding steroid dienone is 1. The van der Waals surface area contributed by atoms with E-state index in [1.807, 2.05) is 11.7 Å². The van der Waals surface area contributed by atoms with Crippen molar-refractivity contribution in [1.82, 2.24) is 15.1 Å². The maximum atomic E-state index is 4.65. The average Bonchev–Trinajstić information content (AvgIpc) is 2.72. The summed E-state index contributed by atoms with van der Waals surface area (Å²) in [5.74, 6) is 0. The van der Waals surface area contributed by atoms with Crippen LogP contribution in [0, 0.1) is 0 Å². The first-order chi connectivity index (χ1) is 9.58. The number of aryl methyl sites for hydroxylation is 1. The lowest BCUT2D eigenvalue weighted by molar-refractivity contribution is 0.594. The smallest absolute Gasteiger partial charge is 0.0743 e. The van der Waals surface area contributed by atoms with Crippen LogP contribution in [0.1, 0.15) is 32.9 Å². The van der Waals surface area contributed by atoms with Gasteiger partial charge in [0.25, 0.3) is 0 Å². The van der Waals surface area contributed by atoms with Crippen molar-refractivity contribution in [3.05, 3.63) is 41.6 Å². The minimum Gasteiger partial charge on any atom is -0.314 e. The van der Waals surface area contributed by atoms with Gasteiger partial charge in [0.15, 0.2) is 0 Å². The van der Waals surface area contributed by atoms with Crippen LogP contribution in [0.4, 0.5) is 0 Å². The molecule has 3 nitrogen and oxygen atoms in total. The SMILES string of the molecule is CC(=CCCNC(C)C)Cc1nn(C)c2ccccc12. The van der Waals surface area contributed by atoms with Crippen LogP contribution in [0.3, 0.4) is 0 Å². The maximum Gasteiger partial charge on any atom is 0.0743 e. The molecule has 1 N–H and O–H groups in total. The number of nitrogens with one attached hydrogen (secondary N) is 1. The Kier molecular flexibility index (Phi) is 4.96. The van der Waals surface area contributed by atoms with E-state index in [1.165, 1.54) is 22.2 Å². The molecule has 0 aliphatic rings. The molecule has 0 atom stereocenters. The summed E-state index contributed by atoms with van der Waals surface area (Å²) in [5, 5.41) is 9.35. The van der Waals surface area contributed by atoms with Gasteiger partial charge in [0.05, 0.1) is 11.2 Å². The van der Waals surface area contributed by atoms with Gasteiger partial charge in [0.2, 0.25) is 0 Å². The fraction of sp³-hybridized carbons (Fsp3) is 0.471. The number of benzene rings is 1. The van der Waals surface area contributed by atoms with E-state index in [9.17, 15) is 0 Å². The highest BCUT2D eigenvalue weighted by molar-refractivity contribution is 5.82. The predicted octanol–water partition coefficient (Wildman–Crippen LogP) is 3.45. The number of nitrogens with zero attached hydrogens (tertiary/aromatic N) is 2. The zero-order valence-corrected chi connectivity index (χ0v) is 13.0. The van der Waals surface area contributed by atoms with E-state index < -0.39 is 0 Å². The number of fused-ring (bicyclic) bond motifs is 1. The minimum atomic E-state index is 0.559. The van der Waals surface area contributed by atoms with Crippen LogP contribution >= 0.6 is 0 Å². The summed E-state index contributed by atoms with van der Waals surface area (Å²) in [4.78, 5) is 0. The van der Waals surface area contributed by atoms with Crippen molar-refractivity contribution < 1.29 is 0 Å². The van der Waals surface area contributed by atoms with E-state index in [0.717, 1.165) is 19.4 Å². The highest BCUT2D eigenvalue weighted by atomic mass is 15.3. The molecule has 1 heterocycles. The van der Waals surface area contributed by atoms with E-state index in [4.69, 9.17) is 0 Å². The van der Waals surface area contributed by atoms with Crippen LogP contribution in [0.2, 0.25) is 0 Å². The highest BCUT2D eigenvalue weighted by Crippen LogP contribution is 2.19. The van der Waals surface area contributed by atoms with Crippen molar-refractivity contribution in [1.29, 1.82) is 0 Å². The molecule has 0 unspecified atom stereocenters. The molecule has 0 saturated heterocycles. The first-order valence-corrected chi connectivity index (χ1v) is 7.37.